The minimum absolute atomic E-state index is 0.0572. The standard InChI is InChI=1S/C25H27ClN4O4S/c1-16(2)34-12-5-11-27-23(32)25(3)24(33)30-20(14-19(28-30)21-6-4-13-35-21)22(31)29(25)15-17-7-9-18(26)10-8-17/h4,6-10,13-14,16H,5,11-12,15H2,1-3H3,(H,27,32). The maximum atomic E-state index is 13.7. The highest BCUT2D eigenvalue weighted by atomic mass is 35.5. The van der Waals surface area contributed by atoms with Crippen molar-refractivity contribution in [3.63, 3.8) is 0 Å². The summed E-state index contributed by atoms with van der Waals surface area (Å²) in [7, 11) is 0. The zero-order valence-electron chi connectivity index (χ0n) is 19.8. The number of rotatable bonds is 9. The van der Waals surface area contributed by atoms with Crippen LogP contribution in [0.25, 0.3) is 10.6 Å². The quantitative estimate of drug-likeness (QED) is 0.340. The second kappa shape index (κ2) is 10.3. The fraction of sp³-hybridized carbons (Fsp3) is 0.360. The van der Waals surface area contributed by atoms with Crippen molar-refractivity contribution in [1.82, 2.24) is 20.0 Å². The number of hydrogen-bond donors (Lipinski definition) is 1. The zero-order valence-corrected chi connectivity index (χ0v) is 21.4. The van der Waals surface area contributed by atoms with E-state index in [-0.39, 0.29) is 18.3 Å². The van der Waals surface area contributed by atoms with Crippen molar-refractivity contribution in [2.75, 3.05) is 13.2 Å². The number of nitrogens with zero attached hydrogens (tertiary/aromatic N) is 3. The van der Waals surface area contributed by atoms with E-state index in [2.05, 4.69) is 10.4 Å². The highest BCUT2D eigenvalue weighted by molar-refractivity contribution is 7.13. The van der Waals surface area contributed by atoms with Crippen molar-refractivity contribution in [3.05, 3.63) is 64.1 Å². The molecule has 1 aromatic carbocycles. The Morgan fingerprint density at radius 1 is 1.23 bits per heavy atom. The Morgan fingerprint density at radius 3 is 2.63 bits per heavy atom. The maximum Gasteiger partial charge on any atom is 0.283 e. The largest absolute Gasteiger partial charge is 0.379 e. The van der Waals surface area contributed by atoms with Gasteiger partial charge in [0.2, 0.25) is 5.54 Å². The number of thiophene rings is 1. The monoisotopic (exact) mass is 514 g/mol. The van der Waals surface area contributed by atoms with E-state index in [1.807, 2.05) is 31.4 Å². The van der Waals surface area contributed by atoms with Crippen LogP contribution in [0, 0.1) is 0 Å². The molecule has 0 radical (unpaired) electrons. The van der Waals surface area contributed by atoms with Gasteiger partial charge in [-0.15, -0.1) is 11.3 Å². The smallest absolute Gasteiger partial charge is 0.283 e. The van der Waals surface area contributed by atoms with Crippen LogP contribution in [-0.4, -0.2) is 57.2 Å². The van der Waals surface area contributed by atoms with Gasteiger partial charge in [0.15, 0.2) is 0 Å². The SMILES string of the molecule is CC(C)OCCCNC(=O)C1(C)C(=O)n2nc(-c3cccs3)cc2C(=O)N1Cc1ccc(Cl)cc1. The Balaban J connectivity index is 1.66. The summed E-state index contributed by atoms with van der Waals surface area (Å²) >= 11 is 7.47. The fourth-order valence-corrected chi connectivity index (χ4v) is 4.69. The highest BCUT2D eigenvalue weighted by Gasteiger charge is 2.54. The van der Waals surface area contributed by atoms with Gasteiger partial charge in [0.1, 0.15) is 11.4 Å². The Labute approximate surface area is 212 Å². The Bertz CT molecular complexity index is 1220. The maximum absolute atomic E-state index is 13.7. The van der Waals surface area contributed by atoms with Gasteiger partial charge in [0.05, 0.1) is 11.0 Å². The predicted molar refractivity (Wildman–Crippen MR) is 135 cm³/mol. The number of hydrogen-bond acceptors (Lipinski definition) is 6. The Morgan fingerprint density at radius 2 is 1.97 bits per heavy atom. The molecule has 3 heterocycles. The van der Waals surface area contributed by atoms with Crippen LogP contribution in [0.1, 0.15) is 48.0 Å². The molecule has 1 N–H and O–H groups in total. The topological polar surface area (TPSA) is 93.5 Å². The average molecular weight is 515 g/mol. The van der Waals surface area contributed by atoms with Gasteiger partial charge < -0.3 is 15.0 Å². The minimum Gasteiger partial charge on any atom is -0.379 e. The summed E-state index contributed by atoms with van der Waals surface area (Å²) in [6.45, 7) is 6.19. The summed E-state index contributed by atoms with van der Waals surface area (Å²) in [6.07, 6.45) is 0.668. The van der Waals surface area contributed by atoms with Crippen molar-refractivity contribution in [3.8, 4) is 10.6 Å². The second-order valence-electron chi connectivity index (χ2n) is 8.73. The van der Waals surface area contributed by atoms with E-state index >= 15 is 0 Å². The molecule has 184 valence electrons. The van der Waals surface area contributed by atoms with Gasteiger partial charge in [-0.05, 0) is 62.4 Å². The molecule has 1 atom stereocenters. The van der Waals surface area contributed by atoms with E-state index in [0.717, 1.165) is 15.1 Å². The molecule has 0 spiro atoms. The molecule has 10 heteroatoms. The molecule has 0 aliphatic carbocycles. The van der Waals surface area contributed by atoms with Crippen molar-refractivity contribution in [2.45, 2.75) is 45.4 Å². The van der Waals surface area contributed by atoms with Gasteiger partial charge in [0.25, 0.3) is 17.7 Å². The van der Waals surface area contributed by atoms with E-state index in [9.17, 15) is 14.4 Å². The number of nitrogens with one attached hydrogen (secondary N) is 1. The number of carbonyl (C=O) groups is 3. The average Bonchev–Trinajstić information content (AvgIpc) is 3.51. The predicted octanol–water partition coefficient (Wildman–Crippen LogP) is 4.25. The van der Waals surface area contributed by atoms with Crippen LogP contribution in [0.5, 0.6) is 0 Å². The molecule has 2 amide bonds. The summed E-state index contributed by atoms with van der Waals surface area (Å²) in [5.41, 5.74) is -0.408. The molecular weight excluding hydrogens is 488 g/mol. The molecule has 1 aliphatic rings. The van der Waals surface area contributed by atoms with Crippen molar-refractivity contribution < 1.29 is 19.1 Å². The molecular formula is C25H27ClN4O4S. The first-order valence-corrected chi connectivity index (χ1v) is 12.6. The summed E-state index contributed by atoms with van der Waals surface area (Å²) in [6, 6.07) is 12.3. The third kappa shape index (κ3) is 5.03. The van der Waals surface area contributed by atoms with Crippen LogP contribution in [0.2, 0.25) is 5.02 Å². The van der Waals surface area contributed by atoms with Gasteiger partial charge in [-0.2, -0.15) is 9.78 Å². The van der Waals surface area contributed by atoms with Gasteiger partial charge in [-0.3, -0.25) is 14.4 Å². The molecule has 3 aromatic rings. The number of amides is 2. The molecule has 1 unspecified atom stereocenters. The normalized spacial score (nSPS) is 17.7. The van der Waals surface area contributed by atoms with E-state index in [1.165, 1.54) is 23.2 Å². The lowest BCUT2D eigenvalue weighted by molar-refractivity contribution is -0.129. The van der Waals surface area contributed by atoms with Crippen LogP contribution >= 0.6 is 22.9 Å². The second-order valence-corrected chi connectivity index (χ2v) is 10.1. The number of ether oxygens (including phenoxy) is 1. The number of fused-ring (bicyclic) bond motifs is 1. The first-order valence-electron chi connectivity index (χ1n) is 11.4. The van der Waals surface area contributed by atoms with E-state index in [0.29, 0.717) is 30.3 Å². The number of carbonyl (C=O) groups excluding carboxylic acids is 3. The zero-order chi connectivity index (χ0) is 25.2. The van der Waals surface area contributed by atoms with E-state index in [1.54, 1.807) is 30.3 Å². The fourth-order valence-electron chi connectivity index (χ4n) is 3.88. The molecule has 0 saturated carbocycles. The lowest BCUT2D eigenvalue weighted by atomic mass is 9.93. The van der Waals surface area contributed by atoms with Crippen molar-refractivity contribution >= 4 is 40.7 Å². The summed E-state index contributed by atoms with van der Waals surface area (Å²) in [5.74, 6) is -1.59. The Kier molecular flexibility index (Phi) is 7.39. The summed E-state index contributed by atoms with van der Waals surface area (Å²) in [5, 5.41) is 9.66. The molecule has 0 fully saturated rings. The molecule has 0 saturated heterocycles. The van der Waals surface area contributed by atoms with Gasteiger partial charge in [-0.25, -0.2) is 0 Å². The third-order valence-corrected chi connectivity index (χ3v) is 6.99. The Hall–Kier alpha value is -3.01. The number of halogens is 1. The molecule has 0 bridgehead atoms. The van der Waals surface area contributed by atoms with Crippen LogP contribution in [0.15, 0.2) is 47.8 Å². The van der Waals surface area contributed by atoms with Crippen molar-refractivity contribution in [2.24, 2.45) is 0 Å². The lowest BCUT2D eigenvalue weighted by Crippen LogP contribution is -2.67. The third-order valence-electron chi connectivity index (χ3n) is 5.85. The van der Waals surface area contributed by atoms with E-state index in [4.69, 9.17) is 16.3 Å². The van der Waals surface area contributed by atoms with Gasteiger partial charge in [0, 0.05) is 24.7 Å². The van der Waals surface area contributed by atoms with Crippen LogP contribution in [-0.2, 0) is 16.1 Å². The van der Waals surface area contributed by atoms with E-state index < -0.39 is 23.3 Å². The lowest BCUT2D eigenvalue weighted by Gasteiger charge is -2.41. The first kappa shape index (κ1) is 25.1. The first-order chi connectivity index (χ1) is 16.7. The van der Waals surface area contributed by atoms with Crippen LogP contribution in [0.3, 0.4) is 0 Å². The molecule has 1 aliphatic heterocycles. The van der Waals surface area contributed by atoms with Gasteiger partial charge >= 0.3 is 0 Å². The van der Waals surface area contributed by atoms with Gasteiger partial charge in [-0.1, -0.05) is 29.8 Å². The number of benzene rings is 1. The van der Waals surface area contributed by atoms with Crippen LogP contribution < -0.4 is 5.32 Å². The summed E-state index contributed by atoms with van der Waals surface area (Å²) < 4.78 is 6.59. The molecule has 8 nitrogen and oxygen atoms in total. The van der Waals surface area contributed by atoms with Crippen molar-refractivity contribution in [1.29, 1.82) is 0 Å². The minimum atomic E-state index is -1.79. The van der Waals surface area contributed by atoms with Crippen LogP contribution in [0.4, 0.5) is 0 Å². The highest BCUT2D eigenvalue weighted by Crippen LogP contribution is 2.32. The summed E-state index contributed by atoms with van der Waals surface area (Å²) in [4.78, 5) is 43.0. The molecule has 35 heavy (non-hydrogen) atoms. The molecule has 2 aromatic heterocycles. The molecule has 4 rings (SSSR count). The number of aromatic nitrogens is 2.